The van der Waals surface area contributed by atoms with E-state index in [2.05, 4.69) is 21.2 Å². The summed E-state index contributed by atoms with van der Waals surface area (Å²) in [4.78, 5) is 32.5. The summed E-state index contributed by atoms with van der Waals surface area (Å²) in [7, 11) is 0. The van der Waals surface area contributed by atoms with E-state index < -0.39 is 16.8 Å². The Balaban J connectivity index is 2.79. The molecule has 0 aliphatic rings. The van der Waals surface area contributed by atoms with Gasteiger partial charge in [-0.15, -0.1) is 0 Å². The molecule has 7 nitrogen and oxygen atoms in total. The van der Waals surface area contributed by atoms with Crippen LogP contribution < -0.4 is 5.32 Å². The molecule has 0 saturated heterocycles. The highest BCUT2D eigenvalue weighted by molar-refractivity contribution is 9.10. The molecule has 1 unspecified atom stereocenters. The van der Waals surface area contributed by atoms with Crippen LogP contribution in [0.2, 0.25) is 0 Å². The minimum absolute atomic E-state index is 0.0580. The van der Waals surface area contributed by atoms with Crippen LogP contribution in [0.4, 0.5) is 5.69 Å². The second-order valence-corrected chi connectivity index (χ2v) is 5.08. The third kappa shape index (κ3) is 4.61. The van der Waals surface area contributed by atoms with Crippen LogP contribution >= 0.6 is 15.9 Å². The van der Waals surface area contributed by atoms with Gasteiger partial charge in [-0.05, 0) is 35.3 Å². The molecule has 1 aromatic carbocycles. The number of non-ortho nitro benzene ring substituents is 1. The van der Waals surface area contributed by atoms with Crippen LogP contribution in [-0.4, -0.2) is 27.9 Å². The van der Waals surface area contributed by atoms with Gasteiger partial charge in [-0.1, -0.05) is 0 Å². The Hall–Kier alpha value is -1.96. The number of carboxylic acids is 1. The van der Waals surface area contributed by atoms with E-state index in [9.17, 15) is 19.7 Å². The number of hydrogen-bond donors (Lipinski definition) is 2. The van der Waals surface area contributed by atoms with Crippen molar-refractivity contribution in [2.24, 2.45) is 0 Å². The van der Waals surface area contributed by atoms with Crippen molar-refractivity contribution in [1.82, 2.24) is 5.32 Å². The van der Waals surface area contributed by atoms with Crippen LogP contribution in [0, 0.1) is 10.1 Å². The van der Waals surface area contributed by atoms with Crippen molar-refractivity contribution >= 4 is 33.5 Å². The third-order valence-electron chi connectivity index (χ3n) is 2.57. The SMILES string of the molecule is CC(CCC(=O)O)NC(=O)c1cc([N+](=O)[O-])ccc1Br. The van der Waals surface area contributed by atoms with Crippen molar-refractivity contribution in [2.45, 2.75) is 25.8 Å². The lowest BCUT2D eigenvalue weighted by atomic mass is 10.1. The summed E-state index contributed by atoms with van der Waals surface area (Å²) in [6.07, 6.45) is 0.227. The second kappa shape index (κ2) is 6.99. The van der Waals surface area contributed by atoms with Gasteiger partial charge in [0.2, 0.25) is 0 Å². The number of aliphatic carboxylic acids is 1. The van der Waals surface area contributed by atoms with Crippen molar-refractivity contribution in [3.05, 3.63) is 38.3 Å². The van der Waals surface area contributed by atoms with E-state index in [4.69, 9.17) is 5.11 Å². The molecule has 1 rings (SSSR count). The number of amides is 1. The van der Waals surface area contributed by atoms with Gasteiger partial charge in [-0.2, -0.15) is 0 Å². The molecule has 0 radical (unpaired) electrons. The molecule has 0 aliphatic heterocycles. The highest BCUT2D eigenvalue weighted by Crippen LogP contribution is 2.22. The number of nitrogens with one attached hydrogen (secondary N) is 1. The van der Waals surface area contributed by atoms with Gasteiger partial charge in [0.15, 0.2) is 0 Å². The number of rotatable bonds is 6. The van der Waals surface area contributed by atoms with E-state index in [1.165, 1.54) is 18.2 Å². The van der Waals surface area contributed by atoms with Gasteiger partial charge in [0.25, 0.3) is 11.6 Å². The van der Waals surface area contributed by atoms with Crippen LogP contribution in [0.15, 0.2) is 22.7 Å². The number of carbonyl (C=O) groups excluding carboxylic acids is 1. The first kappa shape index (κ1) is 16.1. The molecule has 0 heterocycles. The number of halogens is 1. The average molecular weight is 345 g/mol. The fourth-order valence-corrected chi connectivity index (χ4v) is 1.94. The van der Waals surface area contributed by atoms with E-state index in [1.807, 2.05) is 0 Å². The predicted molar refractivity (Wildman–Crippen MR) is 74.6 cm³/mol. The van der Waals surface area contributed by atoms with Crippen LogP contribution in [0.3, 0.4) is 0 Å². The Bertz CT molecular complexity index is 547. The molecule has 1 aromatic rings. The fraction of sp³-hybridized carbons (Fsp3) is 0.333. The lowest BCUT2D eigenvalue weighted by molar-refractivity contribution is -0.384. The summed E-state index contributed by atoms with van der Waals surface area (Å²) >= 11 is 3.15. The van der Waals surface area contributed by atoms with Crippen molar-refractivity contribution in [3.63, 3.8) is 0 Å². The highest BCUT2D eigenvalue weighted by Gasteiger charge is 2.17. The third-order valence-corrected chi connectivity index (χ3v) is 3.27. The topological polar surface area (TPSA) is 110 Å². The van der Waals surface area contributed by atoms with E-state index in [1.54, 1.807) is 6.92 Å². The normalized spacial score (nSPS) is 11.7. The molecule has 1 amide bonds. The maximum Gasteiger partial charge on any atom is 0.303 e. The second-order valence-electron chi connectivity index (χ2n) is 4.23. The molecule has 2 N–H and O–H groups in total. The quantitative estimate of drug-likeness (QED) is 0.607. The largest absolute Gasteiger partial charge is 0.481 e. The first-order valence-corrected chi connectivity index (χ1v) is 6.57. The van der Waals surface area contributed by atoms with Gasteiger partial charge in [-0.25, -0.2) is 0 Å². The summed E-state index contributed by atoms with van der Waals surface area (Å²) in [6.45, 7) is 1.67. The van der Waals surface area contributed by atoms with Crippen LogP contribution in [0.25, 0.3) is 0 Å². The molecule has 108 valence electrons. The van der Waals surface area contributed by atoms with Gasteiger partial charge < -0.3 is 10.4 Å². The maximum atomic E-state index is 12.0. The van der Waals surface area contributed by atoms with Crippen molar-refractivity contribution in [1.29, 1.82) is 0 Å². The average Bonchev–Trinajstić information content (AvgIpc) is 2.36. The predicted octanol–water partition coefficient (Wildman–Crippen LogP) is 2.34. The van der Waals surface area contributed by atoms with E-state index >= 15 is 0 Å². The van der Waals surface area contributed by atoms with Gasteiger partial charge in [0.05, 0.1) is 10.5 Å². The molecule has 0 fully saturated rings. The summed E-state index contributed by atoms with van der Waals surface area (Å²) in [5.74, 6) is -1.43. The Morgan fingerprint density at radius 2 is 2.15 bits per heavy atom. The zero-order valence-corrected chi connectivity index (χ0v) is 12.2. The molecular formula is C12H13BrN2O5. The van der Waals surface area contributed by atoms with Gasteiger partial charge in [-0.3, -0.25) is 19.7 Å². The molecule has 0 spiro atoms. The van der Waals surface area contributed by atoms with Crippen LogP contribution in [-0.2, 0) is 4.79 Å². The van der Waals surface area contributed by atoms with Gasteiger partial charge in [0, 0.05) is 29.1 Å². The molecule has 0 saturated carbocycles. The smallest absolute Gasteiger partial charge is 0.303 e. The standard InChI is InChI=1S/C12H13BrN2O5/c1-7(2-5-11(16)17)14-12(18)9-6-8(15(19)20)3-4-10(9)13/h3-4,6-7H,2,5H2,1H3,(H,14,18)(H,16,17). The lowest BCUT2D eigenvalue weighted by Crippen LogP contribution is -2.33. The first-order valence-electron chi connectivity index (χ1n) is 5.78. The minimum Gasteiger partial charge on any atom is -0.481 e. The van der Waals surface area contributed by atoms with Gasteiger partial charge in [0.1, 0.15) is 0 Å². The number of carbonyl (C=O) groups is 2. The van der Waals surface area contributed by atoms with Gasteiger partial charge >= 0.3 is 5.97 Å². The molecule has 0 aromatic heterocycles. The number of benzene rings is 1. The van der Waals surface area contributed by atoms with Crippen molar-refractivity contribution in [2.75, 3.05) is 0 Å². The number of nitro benzene ring substituents is 1. The number of nitrogens with zero attached hydrogens (tertiary/aromatic N) is 1. The molecule has 1 atom stereocenters. The van der Waals surface area contributed by atoms with Crippen molar-refractivity contribution < 1.29 is 19.6 Å². The maximum absolute atomic E-state index is 12.0. The Morgan fingerprint density at radius 1 is 1.50 bits per heavy atom. The van der Waals surface area contributed by atoms with E-state index in [0.717, 1.165) is 0 Å². The van der Waals surface area contributed by atoms with Crippen molar-refractivity contribution in [3.8, 4) is 0 Å². The Morgan fingerprint density at radius 3 is 2.70 bits per heavy atom. The lowest BCUT2D eigenvalue weighted by Gasteiger charge is -2.13. The molecular weight excluding hydrogens is 332 g/mol. The number of hydrogen-bond acceptors (Lipinski definition) is 4. The minimum atomic E-state index is -0.942. The van der Waals surface area contributed by atoms with E-state index in [0.29, 0.717) is 4.47 Å². The monoisotopic (exact) mass is 344 g/mol. The summed E-state index contributed by atoms with van der Waals surface area (Å²) in [5, 5.41) is 21.8. The zero-order chi connectivity index (χ0) is 15.3. The molecule has 0 bridgehead atoms. The number of carboxylic acid groups (broad SMARTS) is 1. The van der Waals surface area contributed by atoms with E-state index in [-0.39, 0.29) is 30.1 Å². The van der Waals surface area contributed by atoms with Crippen LogP contribution in [0.1, 0.15) is 30.1 Å². The Labute approximate surface area is 123 Å². The zero-order valence-electron chi connectivity index (χ0n) is 10.6. The fourth-order valence-electron chi connectivity index (χ4n) is 1.51. The Kier molecular flexibility index (Phi) is 5.63. The van der Waals surface area contributed by atoms with Crippen LogP contribution in [0.5, 0.6) is 0 Å². The molecule has 0 aliphatic carbocycles. The first-order chi connectivity index (χ1) is 9.31. The molecule has 20 heavy (non-hydrogen) atoms. The summed E-state index contributed by atoms with van der Waals surface area (Å²) in [6, 6.07) is 3.54. The summed E-state index contributed by atoms with van der Waals surface area (Å²) < 4.78 is 0.436. The number of nitro groups is 1. The molecule has 8 heteroatoms. The highest BCUT2D eigenvalue weighted by atomic mass is 79.9. The summed E-state index contributed by atoms with van der Waals surface area (Å²) in [5.41, 5.74) is -0.0436.